The Balaban J connectivity index is 2.05. The van der Waals surface area contributed by atoms with E-state index in [9.17, 15) is 14.0 Å². The van der Waals surface area contributed by atoms with Gasteiger partial charge in [-0.3, -0.25) is 4.79 Å². The maximum absolute atomic E-state index is 13.7. The lowest BCUT2D eigenvalue weighted by molar-refractivity contribution is -0.123. The number of benzene rings is 2. The third kappa shape index (κ3) is 4.41. The van der Waals surface area contributed by atoms with E-state index >= 15 is 0 Å². The van der Waals surface area contributed by atoms with E-state index in [1.165, 1.54) is 19.1 Å². The van der Waals surface area contributed by atoms with Gasteiger partial charge in [0.15, 0.2) is 6.10 Å². The molecule has 0 spiro atoms. The Labute approximate surface area is 148 Å². The molecule has 0 bridgehead atoms. The van der Waals surface area contributed by atoms with Crippen molar-refractivity contribution in [3.63, 3.8) is 0 Å². The fourth-order valence-electron chi connectivity index (χ4n) is 2.12. The quantitative estimate of drug-likeness (QED) is 0.783. The Kier molecular flexibility index (Phi) is 5.72. The summed E-state index contributed by atoms with van der Waals surface area (Å²) in [5, 5.41) is 2.70. The normalized spacial score (nSPS) is 11.7. The zero-order chi connectivity index (χ0) is 17.9. The van der Waals surface area contributed by atoms with Crippen LogP contribution >= 0.6 is 15.9 Å². The van der Waals surface area contributed by atoms with Crippen LogP contribution in [-0.2, 0) is 9.53 Å². The molecule has 0 fully saturated rings. The van der Waals surface area contributed by atoms with Crippen LogP contribution in [0.1, 0.15) is 28.4 Å². The van der Waals surface area contributed by atoms with Gasteiger partial charge in [0, 0.05) is 10.2 Å². The molecule has 0 radical (unpaired) electrons. The predicted octanol–water partition coefficient (Wildman–Crippen LogP) is 4.39. The topological polar surface area (TPSA) is 55.4 Å². The molecule has 0 heterocycles. The summed E-state index contributed by atoms with van der Waals surface area (Å²) in [7, 11) is 0. The molecule has 2 rings (SSSR count). The van der Waals surface area contributed by atoms with Gasteiger partial charge in [-0.1, -0.05) is 33.6 Å². The predicted molar refractivity (Wildman–Crippen MR) is 93.5 cm³/mol. The lowest BCUT2D eigenvalue weighted by Gasteiger charge is -2.15. The molecule has 2 aromatic carbocycles. The van der Waals surface area contributed by atoms with Gasteiger partial charge < -0.3 is 10.1 Å². The van der Waals surface area contributed by atoms with Gasteiger partial charge in [-0.05, 0) is 50.6 Å². The van der Waals surface area contributed by atoms with Gasteiger partial charge in [0.2, 0.25) is 0 Å². The Hall–Kier alpha value is -2.21. The summed E-state index contributed by atoms with van der Waals surface area (Å²) in [5.41, 5.74) is 2.40. The number of nitrogens with one attached hydrogen (secondary N) is 1. The number of halogens is 2. The van der Waals surface area contributed by atoms with Gasteiger partial charge >= 0.3 is 5.97 Å². The number of hydrogen-bond acceptors (Lipinski definition) is 3. The lowest BCUT2D eigenvalue weighted by atomic mass is 10.1. The first-order chi connectivity index (χ1) is 11.3. The molecule has 2 aromatic rings. The molecule has 6 heteroatoms. The van der Waals surface area contributed by atoms with Gasteiger partial charge in [-0.2, -0.15) is 0 Å². The first kappa shape index (κ1) is 18.1. The second-order valence-electron chi connectivity index (χ2n) is 5.48. The van der Waals surface area contributed by atoms with E-state index in [1.54, 1.807) is 6.07 Å². The molecule has 1 atom stereocenters. The van der Waals surface area contributed by atoms with Gasteiger partial charge in [-0.15, -0.1) is 0 Å². The smallest absolute Gasteiger partial charge is 0.341 e. The SMILES string of the molecule is Cc1ccc(NC(=O)[C@H](C)OC(=O)c2cc(Br)ccc2F)c(C)c1. The molecule has 1 N–H and O–H groups in total. The standard InChI is InChI=1S/C18H17BrFNO3/c1-10-4-7-16(11(2)8-10)21-17(22)12(3)24-18(23)14-9-13(19)5-6-15(14)20/h4-9,12H,1-3H3,(H,21,22)/t12-/m0/s1. The molecule has 4 nitrogen and oxygen atoms in total. The molecule has 0 aliphatic heterocycles. The van der Waals surface area contributed by atoms with Crippen molar-refractivity contribution >= 4 is 33.5 Å². The van der Waals surface area contributed by atoms with E-state index in [2.05, 4.69) is 21.2 Å². The number of aryl methyl sites for hydroxylation is 2. The first-order valence-corrected chi connectivity index (χ1v) is 8.11. The minimum absolute atomic E-state index is 0.226. The average Bonchev–Trinajstić information content (AvgIpc) is 2.52. The van der Waals surface area contributed by atoms with Crippen LogP contribution in [0.15, 0.2) is 40.9 Å². The lowest BCUT2D eigenvalue weighted by Crippen LogP contribution is -2.30. The van der Waals surface area contributed by atoms with Crippen molar-refractivity contribution in [3.8, 4) is 0 Å². The minimum atomic E-state index is -1.06. The van der Waals surface area contributed by atoms with Crippen LogP contribution in [0.2, 0.25) is 0 Å². The van der Waals surface area contributed by atoms with Crippen molar-refractivity contribution in [1.29, 1.82) is 0 Å². The summed E-state index contributed by atoms with van der Waals surface area (Å²) in [5.74, 6) is -2.08. The number of carbonyl (C=O) groups is 2. The maximum Gasteiger partial charge on any atom is 0.341 e. The van der Waals surface area contributed by atoms with Crippen molar-refractivity contribution in [2.24, 2.45) is 0 Å². The van der Waals surface area contributed by atoms with Crippen LogP contribution in [0.25, 0.3) is 0 Å². The largest absolute Gasteiger partial charge is 0.449 e. The van der Waals surface area contributed by atoms with E-state index in [4.69, 9.17) is 4.74 Å². The Morgan fingerprint density at radius 2 is 1.88 bits per heavy atom. The van der Waals surface area contributed by atoms with Crippen molar-refractivity contribution in [1.82, 2.24) is 0 Å². The molecule has 24 heavy (non-hydrogen) atoms. The van der Waals surface area contributed by atoms with E-state index < -0.39 is 23.8 Å². The third-order valence-corrected chi connectivity index (χ3v) is 3.93. The molecular weight excluding hydrogens is 377 g/mol. The third-order valence-electron chi connectivity index (χ3n) is 3.44. The number of carbonyl (C=O) groups excluding carboxylic acids is 2. The Bertz CT molecular complexity index is 792. The number of esters is 1. The van der Waals surface area contributed by atoms with Crippen LogP contribution < -0.4 is 5.32 Å². The summed E-state index contributed by atoms with van der Waals surface area (Å²) in [6.07, 6.45) is -1.06. The van der Waals surface area contributed by atoms with Crippen molar-refractivity contribution in [3.05, 3.63) is 63.4 Å². The molecule has 1 amide bonds. The zero-order valence-corrected chi connectivity index (χ0v) is 15.1. The zero-order valence-electron chi connectivity index (χ0n) is 13.5. The molecular formula is C18H17BrFNO3. The minimum Gasteiger partial charge on any atom is -0.449 e. The van der Waals surface area contributed by atoms with Gasteiger partial charge in [0.25, 0.3) is 5.91 Å². The molecule has 0 aliphatic carbocycles. The molecule has 0 saturated carbocycles. The summed E-state index contributed by atoms with van der Waals surface area (Å²) in [4.78, 5) is 24.2. The van der Waals surface area contributed by atoms with Crippen LogP contribution in [0.5, 0.6) is 0 Å². The van der Waals surface area contributed by atoms with Gasteiger partial charge in [-0.25, -0.2) is 9.18 Å². The summed E-state index contributed by atoms with van der Waals surface area (Å²) >= 11 is 3.16. The number of anilines is 1. The van der Waals surface area contributed by atoms with Crippen LogP contribution in [0.3, 0.4) is 0 Å². The molecule has 0 aromatic heterocycles. The summed E-state index contributed by atoms with van der Waals surface area (Å²) in [6, 6.07) is 9.53. The number of hydrogen-bond donors (Lipinski definition) is 1. The highest BCUT2D eigenvalue weighted by molar-refractivity contribution is 9.10. The summed E-state index contributed by atoms with van der Waals surface area (Å²) in [6.45, 7) is 5.26. The highest BCUT2D eigenvalue weighted by Crippen LogP contribution is 2.19. The maximum atomic E-state index is 13.7. The number of rotatable bonds is 4. The van der Waals surface area contributed by atoms with Crippen LogP contribution in [0, 0.1) is 19.7 Å². The van der Waals surface area contributed by atoms with Crippen LogP contribution in [-0.4, -0.2) is 18.0 Å². The van der Waals surface area contributed by atoms with Crippen molar-refractivity contribution in [2.75, 3.05) is 5.32 Å². The van der Waals surface area contributed by atoms with Gasteiger partial charge in [0.05, 0.1) is 5.56 Å². The molecule has 0 saturated heterocycles. The fraction of sp³-hybridized carbons (Fsp3) is 0.222. The van der Waals surface area contributed by atoms with E-state index in [1.807, 2.05) is 26.0 Å². The highest BCUT2D eigenvalue weighted by atomic mass is 79.9. The second-order valence-corrected chi connectivity index (χ2v) is 6.40. The Morgan fingerprint density at radius 3 is 2.54 bits per heavy atom. The highest BCUT2D eigenvalue weighted by Gasteiger charge is 2.21. The second kappa shape index (κ2) is 7.57. The van der Waals surface area contributed by atoms with E-state index in [-0.39, 0.29) is 5.56 Å². The average molecular weight is 394 g/mol. The Morgan fingerprint density at radius 1 is 1.17 bits per heavy atom. The van der Waals surface area contributed by atoms with Crippen molar-refractivity contribution < 1.29 is 18.7 Å². The molecule has 0 aliphatic rings. The fourth-order valence-corrected chi connectivity index (χ4v) is 2.48. The molecule has 126 valence electrons. The first-order valence-electron chi connectivity index (χ1n) is 7.32. The van der Waals surface area contributed by atoms with Gasteiger partial charge in [0.1, 0.15) is 5.82 Å². The van der Waals surface area contributed by atoms with E-state index in [0.29, 0.717) is 10.2 Å². The number of amides is 1. The monoisotopic (exact) mass is 393 g/mol. The van der Waals surface area contributed by atoms with E-state index in [0.717, 1.165) is 17.2 Å². The van der Waals surface area contributed by atoms with Crippen molar-refractivity contribution in [2.45, 2.75) is 26.9 Å². The summed E-state index contributed by atoms with van der Waals surface area (Å²) < 4.78 is 19.3. The van der Waals surface area contributed by atoms with Crippen LogP contribution in [0.4, 0.5) is 10.1 Å². The number of ether oxygens (including phenoxy) is 1. The molecule has 0 unspecified atom stereocenters.